The molecule has 8 rings (SSSR count). The van der Waals surface area contributed by atoms with Gasteiger partial charge in [0.1, 0.15) is 28.9 Å². The number of aromatic nitrogens is 4. The molecule has 4 aromatic heterocycles. The monoisotopic (exact) mass is 891 g/mol. The molecule has 2 aromatic carbocycles. The summed E-state index contributed by atoms with van der Waals surface area (Å²) in [5.74, 6) is 0.390. The van der Waals surface area contributed by atoms with Crippen molar-refractivity contribution < 1.29 is 32.0 Å². The van der Waals surface area contributed by atoms with Crippen molar-refractivity contribution in [1.82, 2.24) is 24.9 Å². The number of benzene rings is 2. The second-order valence-corrected chi connectivity index (χ2v) is 18.3. The van der Waals surface area contributed by atoms with Crippen LogP contribution in [0.25, 0.3) is 32.5 Å². The second-order valence-electron chi connectivity index (χ2n) is 13.0. The van der Waals surface area contributed by atoms with Crippen LogP contribution in [0.4, 0.5) is 0 Å². The zero-order valence-electron chi connectivity index (χ0n) is 29.0. The molecule has 19 heteroatoms. The number of nitrogens with zero attached hydrogens (tertiary/aromatic N) is 4. The first-order chi connectivity index (χ1) is 26.9. The van der Waals surface area contributed by atoms with E-state index in [1.165, 1.54) is 28.2 Å². The fourth-order valence-electron chi connectivity index (χ4n) is 6.65. The molecule has 0 fully saturated rings. The number of ether oxygens (including phenoxy) is 2. The molecule has 1 amide bonds. The summed E-state index contributed by atoms with van der Waals surface area (Å²) in [6, 6.07) is 13.2. The molecule has 2 N–H and O–H groups in total. The van der Waals surface area contributed by atoms with E-state index >= 15 is 0 Å². The third-order valence-electron chi connectivity index (χ3n) is 9.29. The summed E-state index contributed by atoms with van der Waals surface area (Å²) in [5, 5.41) is 15.8. The van der Waals surface area contributed by atoms with Crippen LogP contribution in [0.15, 0.2) is 58.1 Å². The Morgan fingerprint density at radius 3 is 2.16 bits per heavy atom. The van der Waals surface area contributed by atoms with E-state index in [4.69, 9.17) is 61.0 Å². The second kappa shape index (κ2) is 15.8. The maximum atomic E-state index is 13.6. The Morgan fingerprint density at radius 2 is 1.46 bits per heavy atom. The molecule has 6 heterocycles. The van der Waals surface area contributed by atoms with Crippen LogP contribution in [-0.4, -0.2) is 50.8 Å². The lowest BCUT2D eigenvalue weighted by Gasteiger charge is -2.17. The molecule has 0 saturated carbocycles. The van der Waals surface area contributed by atoms with Crippen molar-refractivity contribution in [3.63, 3.8) is 0 Å². The average molecular weight is 894 g/mol. The summed E-state index contributed by atoms with van der Waals surface area (Å²) >= 11 is 27.7. The van der Waals surface area contributed by atoms with E-state index in [2.05, 4.69) is 10.4 Å². The first-order valence-electron chi connectivity index (χ1n) is 17.3. The summed E-state index contributed by atoms with van der Waals surface area (Å²) < 4.78 is 48.4. The van der Waals surface area contributed by atoms with Gasteiger partial charge in [0.2, 0.25) is 0 Å². The van der Waals surface area contributed by atoms with E-state index in [0.717, 1.165) is 53.3 Å². The third kappa shape index (κ3) is 7.47. The van der Waals surface area contributed by atoms with Gasteiger partial charge in [-0.25, -0.2) is 9.36 Å². The molecule has 2 aliphatic heterocycles. The zero-order valence-corrected chi connectivity index (χ0v) is 34.5. The van der Waals surface area contributed by atoms with Gasteiger partial charge in [-0.2, -0.15) is 18.6 Å². The van der Waals surface area contributed by atoms with Gasteiger partial charge in [-0.3, -0.25) is 14.1 Å². The summed E-state index contributed by atoms with van der Waals surface area (Å²) in [7, 11) is -4.48. The van der Waals surface area contributed by atoms with Gasteiger partial charge in [0, 0.05) is 34.1 Å². The minimum Gasteiger partial charge on any atom is -0.487 e. The number of hydrogen-bond donors (Lipinski definition) is 2. The standard InChI is InChI=1S/C37H29Cl4N5O7S3/c38-20-7-9-25(23(40)15-20)45-32-22(18-52-28-11-13-54-36(28)32)30(43-45)37(48)42-12-5-3-1-2-4-6-27(47)31-34-33(46(44-31)26-10-8-21(39)16-24(26)41)35-19(17-53-34)14-29(55-35)56(49,50)51/h7-11,13-16H,1-6,12,17-18H2,(H,42,48)(H,49,50,51). The number of carbonyl (C=O) groups excluding carboxylic acids is 2. The Hall–Kier alpha value is -3.93. The molecule has 56 heavy (non-hydrogen) atoms. The highest BCUT2D eigenvalue weighted by Gasteiger charge is 2.35. The van der Waals surface area contributed by atoms with Crippen molar-refractivity contribution in [2.75, 3.05) is 6.54 Å². The number of Topliss-reactive ketones (excluding diaryl/α,β-unsaturated/α-hetero) is 1. The number of ketones is 1. The minimum atomic E-state index is -4.48. The van der Waals surface area contributed by atoms with Gasteiger partial charge < -0.3 is 14.8 Å². The van der Waals surface area contributed by atoms with Crippen LogP contribution in [-0.2, 0) is 23.3 Å². The van der Waals surface area contributed by atoms with Crippen LogP contribution in [0.5, 0.6) is 11.5 Å². The normalized spacial score (nSPS) is 12.9. The number of unbranched alkanes of at least 4 members (excludes halogenated alkanes) is 4. The Morgan fingerprint density at radius 1 is 0.804 bits per heavy atom. The molecule has 2 aliphatic rings. The molecule has 0 bridgehead atoms. The lowest BCUT2D eigenvalue weighted by atomic mass is 10.1. The molecule has 0 atom stereocenters. The fourth-order valence-corrected chi connectivity index (χ4v) is 10.4. The molecule has 6 aromatic rings. The SMILES string of the molecule is O=C(NCCCCCCCC(=O)c1nn(-c2ccc(Cl)cc2Cl)c2c1OCc1cc(S(=O)(=O)O)sc1-2)c1nn(-c2ccc(Cl)cc2Cl)c2c1COc1ccsc1-2. The highest BCUT2D eigenvalue weighted by Crippen LogP contribution is 2.48. The number of carbonyl (C=O) groups is 2. The van der Waals surface area contributed by atoms with Crippen LogP contribution in [0.3, 0.4) is 0 Å². The predicted octanol–water partition coefficient (Wildman–Crippen LogP) is 10.1. The molecular formula is C37H29Cl4N5O7S3. The highest BCUT2D eigenvalue weighted by molar-refractivity contribution is 7.88. The minimum absolute atomic E-state index is 0.00434. The summed E-state index contributed by atoms with van der Waals surface area (Å²) in [5.41, 5.74) is 3.73. The molecule has 0 aliphatic carbocycles. The number of amides is 1. The van der Waals surface area contributed by atoms with Gasteiger partial charge in [0.05, 0.1) is 36.9 Å². The van der Waals surface area contributed by atoms with E-state index in [-0.39, 0.29) is 57.7 Å². The number of fused-ring (bicyclic) bond motifs is 6. The first-order valence-corrected chi connectivity index (χ1v) is 21.9. The smallest absolute Gasteiger partial charge is 0.304 e. The Bertz CT molecular complexity index is 2650. The van der Waals surface area contributed by atoms with E-state index in [9.17, 15) is 22.6 Å². The molecule has 0 unspecified atom stereocenters. The van der Waals surface area contributed by atoms with Gasteiger partial charge >= 0.3 is 10.1 Å². The van der Waals surface area contributed by atoms with Crippen molar-refractivity contribution in [3.05, 3.63) is 96.5 Å². The van der Waals surface area contributed by atoms with Gasteiger partial charge in [-0.15, -0.1) is 22.7 Å². The van der Waals surface area contributed by atoms with Crippen molar-refractivity contribution >= 4 is 90.9 Å². The van der Waals surface area contributed by atoms with Crippen LogP contribution in [0.2, 0.25) is 20.1 Å². The Labute approximate surface area is 348 Å². The molecule has 0 radical (unpaired) electrons. The Balaban J connectivity index is 0.889. The first kappa shape index (κ1) is 38.9. The number of halogens is 4. The summed E-state index contributed by atoms with van der Waals surface area (Å²) in [6.45, 7) is 0.625. The van der Waals surface area contributed by atoms with E-state index in [0.29, 0.717) is 61.1 Å². The molecule has 0 saturated heterocycles. The Kier molecular flexibility index (Phi) is 11.0. The van der Waals surface area contributed by atoms with Crippen molar-refractivity contribution in [2.24, 2.45) is 0 Å². The molecule has 12 nitrogen and oxygen atoms in total. The summed E-state index contributed by atoms with van der Waals surface area (Å²) in [6.07, 6.45) is 3.93. The molecular weight excluding hydrogens is 864 g/mol. The van der Waals surface area contributed by atoms with Crippen LogP contribution in [0, 0.1) is 0 Å². The number of nitrogens with one attached hydrogen (secondary N) is 1. The topological polar surface area (TPSA) is 155 Å². The lowest BCUT2D eigenvalue weighted by Crippen LogP contribution is -2.26. The van der Waals surface area contributed by atoms with E-state index in [1.807, 2.05) is 11.4 Å². The zero-order chi connectivity index (χ0) is 39.3. The fraction of sp³-hybridized carbons (Fsp3) is 0.243. The van der Waals surface area contributed by atoms with Crippen molar-refractivity contribution in [3.8, 4) is 44.0 Å². The van der Waals surface area contributed by atoms with Crippen LogP contribution < -0.4 is 14.8 Å². The largest absolute Gasteiger partial charge is 0.487 e. The van der Waals surface area contributed by atoms with Crippen LogP contribution in [0.1, 0.15) is 70.6 Å². The van der Waals surface area contributed by atoms with E-state index in [1.54, 1.807) is 35.0 Å². The predicted molar refractivity (Wildman–Crippen MR) is 217 cm³/mol. The van der Waals surface area contributed by atoms with Gasteiger partial charge in [-0.1, -0.05) is 65.7 Å². The number of thiophene rings is 2. The quantitative estimate of drug-likeness (QED) is 0.0655. The van der Waals surface area contributed by atoms with E-state index < -0.39 is 10.1 Å². The summed E-state index contributed by atoms with van der Waals surface area (Å²) in [4.78, 5) is 28.4. The van der Waals surface area contributed by atoms with Crippen molar-refractivity contribution in [2.45, 2.75) is 55.9 Å². The third-order valence-corrected chi connectivity index (χ3v) is 13.8. The molecule has 0 spiro atoms. The lowest BCUT2D eigenvalue weighted by molar-refractivity contribution is 0.0941. The molecule has 290 valence electrons. The maximum Gasteiger partial charge on any atom is 0.304 e. The maximum absolute atomic E-state index is 13.6. The van der Waals surface area contributed by atoms with Gasteiger partial charge in [-0.05, 0) is 66.8 Å². The highest BCUT2D eigenvalue weighted by atomic mass is 35.5. The van der Waals surface area contributed by atoms with Gasteiger partial charge in [0.25, 0.3) is 5.91 Å². The van der Waals surface area contributed by atoms with Crippen LogP contribution >= 0.6 is 69.1 Å². The van der Waals surface area contributed by atoms with Gasteiger partial charge in [0.15, 0.2) is 22.9 Å². The number of hydrogen-bond acceptors (Lipinski definition) is 10. The average Bonchev–Trinajstić information content (AvgIpc) is 3.95. The van der Waals surface area contributed by atoms with Crippen molar-refractivity contribution in [1.29, 1.82) is 0 Å². The number of rotatable bonds is 13.